The van der Waals surface area contributed by atoms with E-state index < -0.39 is 16.0 Å². The number of methoxy groups -OCH3 is 1. The Morgan fingerprint density at radius 3 is 2.55 bits per heavy atom. The van der Waals surface area contributed by atoms with Crippen molar-refractivity contribution in [1.29, 1.82) is 0 Å². The summed E-state index contributed by atoms with van der Waals surface area (Å²) in [6, 6.07) is 4.04. The van der Waals surface area contributed by atoms with E-state index in [4.69, 9.17) is 17.3 Å². The molecule has 1 aliphatic rings. The molecule has 1 aromatic rings. The lowest BCUT2D eigenvalue weighted by atomic mass is 9.99. The van der Waals surface area contributed by atoms with Crippen molar-refractivity contribution in [3.8, 4) is 0 Å². The van der Waals surface area contributed by atoms with Gasteiger partial charge in [-0.3, -0.25) is 0 Å². The maximum atomic E-state index is 12.6. The molecule has 0 radical (unpaired) electrons. The number of rotatable bonds is 4. The molecule has 0 aliphatic carbocycles. The normalized spacial score (nSPS) is 17.4. The van der Waals surface area contributed by atoms with Gasteiger partial charge in [-0.1, -0.05) is 11.6 Å². The Morgan fingerprint density at radius 2 is 2.05 bits per heavy atom. The number of piperidine rings is 1. The lowest BCUT2D eigenvalue weighted by Crippen LogP contribution is -2.40. The van der Waals surface area contributed by atoms with E-state index in [1.54, 1.807) is 0 Å². The van der Waals surface area contributed by atoms with Crippen LogP contribution in [-0.4, -0.2) is 45.4 Å². The predicted octanol–water partition coefficient (Wildman–Crippen LogP) is 1.49. The standard InChI is InChI=1S/C14H19ClN2O4S/c1-21-14(18)12-3-2-11(8-13(12)15)22(19,20)17-6-4-10(9-16)5-7-17/h2-3,8,10H,4-7,9,16H2,1H3. The first-order valence-corrected chi connectivity index (χ1v) is 8.80. The molecule has 8 heteroatoms. The Labute approximate surface area is 135 Å². The summed E-state index contributed by atoms with van der Waals surface area (Å²) in [4.78, 5) is 11.6. The van der Waals surface area contributed by atoms with Gasteiger partial charge in [0.1, 0.15) is 0 Å². The van der Waals surface area contributed by atoms with E-state index in [0.717, 1.165) is 12.8 Å². The fourth-order valence-electron chi connectivity index (χ4n) is 2.47. The molecule has 0 aromatic heterocycles. The summed E-state index contributed by atoms with van der Waals surface area (Å²) in [5.41, 5.74) is 5.76. The Hall–Kier alpha value is -1.15. The summed E-state index contributed by atoms with van der Waals surface area (Å²) >= 11 is 5.99. The first-order valence-electron chi connectivity index (χ1n) is 6.98. The quantitative estimate of drug-likeness (QED) is 0.834. The first kappa shape index (κ1) is 17.2. The van der Waals surface area contributed by atoms with Gasteiger partial charge >= 0.3 is 5.97 Å². The van der Waals surface area contributed by atoms with E-state index in [-0.39, 0.29) is 15.5 Å². The molecule has 1 aliphatic heterocycles. The molecule has 22 heavy (non-hydrogen) atoms. The Kier molecular flexibility index (Phi) is 5.44. The zero-order valence-corrected chi connectivity index (χ0v) is 13.9. The van der Waals surface area contributed by atoms with Crippen molar-refractivity contribution in [3.63, 3.8) is 0 Å². The number of carbonyl (C=O) groups excluding carboxylic acids is 1. The third-order valence-corrected chi connectivity index (χ3v) is 6.10. The first-order chi connectivity index (χ1) is 10.4. The van der Waals surface area contributed by atoms with Crippen LogP contribution in [0.25, 0.3) is 0 Å². The summed E-state index contributed by atoms with van der Waals surface area (Å²) in [7, 11) is -2.37. The molecule has 0 saturated carbocycles. The summed E-state index contributed by atoms with van der Waals surface area (Å²) < 4.78 is 31.2. The molecular weight excluding hydrogens is 328 g/mol. The lowest BCUT2D eigenvalue weighted by Gasteiger charge is -2.30. The minimum Gasteiger partial charge on any atom is -0.465 e. The predicted molar refractivity (Wildman–Crippen MR) is 83.3 cm³/mol. The molecule has 1 heterocycles. The highest BCUT2D eigenvalue weighted by Crippen LogP contribution is 2.27. The van der Waals surface area contributed by atoms with E-state index in [9.17, 15) is 13.2 Å². The van der Waals surface area contributed by atoms with Crippen LogP contribution in [0.4, 0.5) is 0 Å². The molecule has 1 fully saturated rings. The number of sulfonamides is 1. The van der Waals surface area contributed by atoms with Gasteiger partial charge in [0.15, 0.2) is 0 Å². The molecule has 0 unspecified atom stereocenters. The molecule has 6 nitrogen and oxygen atoms in total. The van der Waals surface area contributed by atoms with Crippen LogP contribution in [0.15, 0.2) is 23.1 Å². The molecular formula is C14H19ClN2O4S. The number of halogens is 1. The van der Waals surface area contributed by atoms with Crippen LogP contribution in [-0.2, 0) is 14.8 Å². The third-order valence-electron chi connectivity index (χ3n) is 3.89. The van der Waals surface area contributed by atoms with E-state index in [1.807, 2.05) is 0 Å². The number of hydrogen-bond donors (Lipinski definition) is 1. The summed E-state index contributed by atoms with van der Waals surface area (Å²) in [6.07, 6.45) is 1.51. The molecule has 1 saturated heterocycles. The average Bonchev–Trinajstić information content (AvgIpc) is 2.54. The Bertz CT molecular complexity index is 655. The topological polar surface area (TPSA) is 89.7 Å². The van der Waals surface area contributed by atoms with Crippen molar-refractivity contribution in [2.24, 2.45) is 11.7 Å². The van der Waals surface area contributed by atoms with Gasteiger partial charge in [0, 0.05) is 13.1 Å². The fraction of sp³-hybridized carbons (Fsp3) is 0.500. The summed E-state index contributed by atoms with van der Waals surface area (Å²) in [5.74, 6) is -0.227. The summed E-state index contributed by atoms with van der Waals surface area (Å²) in [5, 5.41) is 0.0600. The number of esters is 1. The van der Waals surface area contributed by atoms with Gasteiger partial charge in [-0.05, 0) is 43.5 Å². The monoisotopic (exact) mass is 346 g/mol. The van der Waals surface area contributed by atoms with E-state index in [0.29, 0.717) is 25.6 Å². The highest BCUT2D eigenvalue weighted by Gasteiger charge is 2.29. The van der Waals surface area contributed by atoms with Crippen LogP contribution < -0.4 is 5.73 Å². The zero-order valence-electron chi connectivity index (χ0n) is 12.3. The highest BCUT2D eigenvalue weighted by molar-refractivity contribution is 7.89. The van der Waals surface area contributed by atoms with Crippen LogP contribution in [0.3, 0.4) is 0 Å². The second-order valence-corrected chi connectivity index (χ2v) is 7.56. The number of nitrogens with zero attached hydrogens (tertiary/aromatic N) is 1. The van der Waals surface area contributed by atoms with Crippen molar-refractivity contribution in [2.45, 2.75) is 17.7 Å². The van der Waals surface area contributed by atoms with Gasteiger partial charge in [-0.15, -0.1) is 0 Å². The molecule has 0 atom stereocenters. The van der Waals surface area contributed by atoms with Gasteiger partial charge < -0.3 is 10.5 Å². The number of carbonyl (C=O) groups is 1. The largest absolute Gasteiger partial charge is 0.465 e. The molecule has 0 spiro atoms. The third kappa shape index (κ3) is 3.43. The van der Waals surface area contributed by atoms with Gasteiger partial charge in [-0.2, -0.15) is 4.31 Å². The highest BCUT2D eigenvalue weighted by atomic mass is 35.5. The van der Waals surface area contributed by atoms with E-state index in [1.165, 1.54) is 29.6 Å². The SMILES string of the molecule is COC(=O)c1ccc(S(=O)(=O)N2CCC(CN)CC2)cc1Cl. The number of benzene rings is 1. The number of hydrogen-bond acceptors (Lipinski definition) is 5. The molecule has 1 aromatic carbocycles. The van der Waals surface area contributed by atoms with Crippen molar-refractivity contribution in [3.05, 3.63) is 28.8 Å². The number of nitrogens with two attached hydrogens (primary N) is 1. The van der Waals surface area contributed by atoms with Gasteiger partial charge in [0.25, 0.3) is 0 Å². The van der Waals surface area contributed by atoms with Gasteiger partial charge in [0.2, 0.25) is 10.0 Å². The minimum atomic E-state index is -3.61. The second-order valence-electron chi connectivity index (χ2n) is 5.22. The van der Waals surface area contributed by atoms with Crippen molar-refractivity contribution in [2.75, 3.05) is 26.7 Å². The maximum absolute atomic E-state index is 12.6. The molecule has 2 rings (SSSR count). The summed E-state index contributed by atoms with van der Waals surface area (Å²) in [6.45, 7) is 1.47. The van der Waals surface area contributed by atoms with E-state index in [2.05, 4.69) is 4.74 Å². The van der Waals surface area contributed by atoms with Crippen LogP contribution in [0.2, 0.25) is 5.02 Å². The van der Waals surface area contributed by atoms with Crippen LogP contribution >= 0.6 is 11.6 Å². The molecule has 0 amide bonds. The van der Waals surface area contributed by atoms with Crippen LogP contribution in [0.5, 0.6) is 0 Å². The average molecular weight is 347 g/mol. The van der Waals surface area contributed by atoms with Crippen molar-refractivity contribution >= 4 is 27.6 Å². The lowest BCUT2D eigenvalue weighted by molar-refractivity contribution is 0.0601. The molecule has 0 bridgehead atoms. The fourth-order valence-corrected chi connectivity index (χ4v) is 4.29. The van der Waals surface area contributed by atoms with Crippen molar-refractivity contribution < 1.29 is 17.9 Å². The van der Waals surface area contributed by atoms with E-state index >= 15 is 0 Å². The van der Waals surface area contributed by atoms with Crippen LogP contribution in [0.1, 0.15) is 23.2 Å². The molecule has 122 valence electrons. The van der Waals surface area contributed by atoms with Crippen molar-refractivity contribution in [1.82, 2.24) is 4.31 Å². The molecule has 2 N–H and O–H groups in total. The smallest absolute Gasteiger partial charge is 0.339 e. The second kappa shape index (κ2) is 6.95. The maximum Gasteiger partial charge on any atom is 0.339 e. The van der Waals surface area contributed by atoms with Crippen LogP contribution in [0, 0.1) is 5.92 Å². The van der Waals surface area contributed by atoms with Gasteiger partial charge in [-0.25, -0.2) is 13.2 Å². The Morgan fingerprint density at radius 1 is 1.41 bits per heavy atom. The van der Waals surface area contributed by atoms with Gasteiger partial charge in [0.05, 0.1) is 22.6 Å². The Balaban J connectivity index is 2.23. The number of ether oxygens (including phenoxy) is 1. The zero-order chi connectivity index (χ0) is 16.3. The minimum absolute atomic E-state index is 0.0600.